The van der Waals surface area contributed by atoms with E-state index in [1.807, 2.05) is 0 Å². The predicted octanol–water partition coefficient (Wildman–Crippen LogP) is 2.42. The van der Waals surface area contributed by atoms with E-state index in [9.17, 15) is 8.78 Å². The third-order valence-electron chi connectivity index (χ3n) is 2.62. The first kappa shape index (κ1) is 12.4. The Hall–Kier alpha value is -2.01. The van der Waals surface area contributed by atoms with Gasteiger partial charge in [-0.05, 0) is 29.8 Å². The van der Waals surface area contributed by atoms with Gasteiger partial charge in [0.05, 0.1) is 18.8 Å². The van der Waals surface area contributed by atoms with Crippen LogP contribution in [0.1, 0.15) is 17.3 Å². The van der Waals surface area contributed by atoms with Gasteiger partial charge in [0.1, 0.15) is 5.82 Å². The number of hydrogen-bond acceptors (Lipinski definition) is 3. The molecule has 0 aliphatic rings. The molecule has 0 fully saturated rings. The van der Waals surface area contributed by atoms with Gasteiger partial charge in [0.2, 0.25) is 0 Å². The molecule has 0 aliphatic carbocycles. The van der Waals surface area contributed by atoms with Crippen molar-refractivity contribution >= 4 is 0 Å². The maximum Gasteiger partial charge on any atom is 0.165 e. The lowest BCUT2D eigenvalue weighted by Crippen LogP contribution is -2.15. The molecular weight excluding hydrogens is 238 g/mol. The summed E-state index contributed by atoms with van der Waals surface area (Å²) in [4.78, 5) is 3.87. The number of hydrogen-bond donors (Lipinski definition) is 1. The van der Waals surface area contributed by atoms with E-state index >= 15 is 0 Å². The zero-order chi connectivity index (χ0) is 13.1. The fourth-order valence-corrected chi connectivity index (χ4v) is 1.66. The van der Waals surface area contributed by atoms with Crippen molar-refractivity contribution in [1.29, 1.82) is 0 Å². The molecule has 0 bridgehead atoms. The maximum absolute atomic E-state index is 13.5. The highest BCUT2D eigenvalue weighted by Crippen LogP contribution is 2.24. The van der Waals surface area contributed by atoms with Crippen molar-refractivity contribution in [3.63, 3.8) is 0 Å². The summed E-state index contributed by atoms with van der Waals surface area (Å²) in [5, 5.41) is 0. The molecule has 1 atom stereocenters. The fraction of sp³-hybridized carbons (Fsp3) is 0.154. The van der Waals surface area contributed by atoms with E-state index in [1.165, 1.54) is 37.6 Å². The lowest BCUT2D eigenvalue weighted by atomic mass is 10.0. The number of methoxy groups -OCH3 is 1. The van der Waals surface area contributed by atoms with Crippen molar-refractivity contribution in [3.8, 4) is 5.75 Å². The lowest BCUT2D eigenvalue weighted by Gasteiger charge is -2.13. The first-order valence-electron chi connectivity index (χ1n) is 5.33. The zero-order valence-electron chi connectivity index (χ0n) is 9.73. The summed E-state index contributed by atoms with van der Waals surface area (Å²) < 4.78 is 31.8. The van der Waals surface area contributed by atoms with Gasteiger partial charge < -0.3 is 10.5 Å². The lowest BCUT2D eigenvalue weighted by molar-refractivity contribution is 0.386. The average molecular weight is 250 g/mol. The van der Waals surface area contributed by atoms with E-state index in [0.29, 0.717) is 5.56 Å². The normalized spacial score (nSPS) is 12.2. The van der Waals surface area contributed by atoms with Crippen molar-refractivity contribution in [2.45, 2.75) is 6.04 Å². The van der Waals surface area contributed by atoms with E-state index in [0.717, 1.165) is 0 Å². The molecular formula is C13H12F2N2O. The highest BCUT2D eigenvalue weighted by atomic mass is 19.1. The molecule has 2 aromatic rings. The largest absolute Gasteiger partial charge is 0.494 e. The number of halogens is 2. The van der Waals surface area contributed by atoms with Gasteiger partial charge >= 0.3 is 0 Å². The van der Waals surface area contributed by atoms with Gasteiger partial charge in [0.25, 0.3) is 0 Å². The number of rotatable bonds is 3. The first-order chi connectivity index (χ1) is 8.63. The number of ether oxygens (including phenoxy) is 1. The predicted molar refractivity (Wildman–Crippen MR) is 63.2 cm³/mol. The summed E-state index contributed by atoms with van der Waals surface area (Å²) in [6.07, 6.45) is 1.44. The number of aromatic nitrogens is 1. The van der Waals surface area contributed by atoms with Gasteiger partial charge in [-0.15, -0.1) is 0 Å². The van der Waals surface area contributed by atoms with Crippen LogP contribution in [0.3, 0.4) is 0 Å². The van der Waals surface area contributed by atoms with Crippen LogP contribution in [0.15, 0.2) is 36.5 Å². The fourth-order valence-electron chi connectivity index (χ4n) is 1.66. The number of nitrogens with zero attached hydrogens (tertiary/aromatic N) is 1. The molecule has 0 radical (unpaired) electrons. The Kier molecular flexibility index (Phi) is 3.53. The van der Waals surface area contributed by atoms with Gasteiger partial charge in [-0.2, -0.15) is 0 Å². The number of pyridine rings is 1. The molecule has 0 unspecified atom stereocenters. The van der Waals surface area contributed by atoms with Crippen LogP contribution in [-0.2, 0) is 0 Å². The molecule has 94 valence electrons. The van der Waals surface area contributed by atoms with Crippen LogP contribution in [0, 0.1) is 11.6 Å². The van der Waals surface area contributed by atoms with Gasteiger partial charge in [0, 0.05) is 6.20 Å². The molecule has 2 N–H and O–H groups in total. The van der Waals surface area contributed by atoms with Gasteiger partial charge in [-0.3, -0.25) is 4.98 Å². The Labute approximate surface area is 103 Å². The molecule has 0 spiro atoms. The summed E-state index contributed by atoms with van der Waals surface area (Å²) in [5.41, 5.74) is 6.39. The maximum atomic E-state index is 13.5. The van der Waals surface area contributed by atoms with Crippen molar-refractivity contribution in [1.82, 2.24) is 4.98 Å². The molecule has 1 heterocycles. The SMILES string of the molecule is COc1ccc([C@H](N)c2ncccc2F)cc1F. The topological polar surface area (TPSA) is 48.1 Å². The Morgan fingerprint density at radius 1 is 1.22 bits per heavy atom. The van der Waals surface area contributed by atoms with E-state index in [-0.39, 0.29) is 11.4 Å². The average Bonchev–Trinajstić information content (AvgIpc) is 2.38. The monoisotopic (exact) mass is 250 g/mol. The van der Waals surface area contributed by atoms with Crippen LogP contribution in [0.25, 0.3) is 0 Å². The molecule has 2 rings (SSSR count). The first-order valence-corrected chi connectivity index (χ1v) is 5.33. The molecule has 3 nitrogen and oxygen atoms in total. The standard InChI is InChI=1S/C13H12F2N2O/c1-18-11-5-4-8(7-10(11)15)12(16)13-9(14)3-2-6-17-13/h2-7,12H,16H2,1H3/t12-/m0/s1. The molecule has 0 amide bonds. The van der Waals surface area contributed by atoms with Gasteiger partial charge in [0.15, 0.2) is 11.6 Å². The summed E-state index contributed by atoms with van der Waals surface area (Å²) in [7, 11) is 1.37. The van der Waals surface area contributed by atoms with Crippen LogP contribution < -0.4 is 10.5 Å². The highest BCUT2D eigenvalue weighted by molar-refractivity contribution is 5.34. The van der Waals surface area contributed by atoms with Crippen molar-refractivity contribution < 1.29 is 13.5 Å². The molecule has 5 heteroatoms. The molecule has 0 saturated heterocycles. The Bertz CT molecular complexity index is 560. The van der Waals surface area contributed by atoms with Gasteiger partial charge in [-0.25, -0.2) is 8.78 Å². The van der Waals surface area contributed by atoms with E-state index < -0.39 is 17.7 Å². The Morgan fingerprint density at radius 2 is 2.00 bits per heavy atom. The summed E-state index contributed by atoms with van der Waals surface area (Å²) in [6, 6.07) is 6.18. The van der Waals surface area contributed by atoms with E-state index in [2.05, 4.69) is 4.98 Å². The van der Waals surface area contributed by atoms with E-state index in [4.69, 9.17) is 10.5 Å². The molecule has 0 aliphatic heterocycles. The second kappa shape index (κ2) is 5.10. The Morgan fingerprint density at radius 3 is 2.61 bits per heavy atom. The quantitative estimate of drug-likeness (QED) is 0.910. The molecule has 1 aromatic heterocycles. The molecule has 1 aromatic carbocycles. The number of nitrogens with two attached hydrogens (primary N) is 1. The number of benzene rings is 1. The van der Waals surface area contributed by atoms with Crippen LogP contribution in [-0.4, -0.2) is 12.1 Å². The van der Waals surface area contributed by atoms with Crippen molar-refractivity contribution in [3.05, 3.63) is 59.4 Å². The molecule has 18 heavy (non-hydrogen) atoms. The minimum Gasteiger partial charge on any atom is -0.494 e. The Balaban J connectivity index is 2.37. The van der Waals surface area contributed by atoms with Crippen LogP contribution in [0.5, 0.6) is 5.75 Å². The second-order valence-corrected chi connectivity index (χ2v) is 3.74. The summed E-state index contributed by atoms with van der Waals surface area (Å²) >= 11 is 0. The van der Waals surface area contributed by atoms with Crippen LogP contribution in [0.2, 0.25) is 0 Å². The van der Waals surface area contributed by atoms with Crippen LogP contribution in [0.4, 0.5) is 8.78 Å². The van der Waals surface area contributed by atoms with Gasteiger partial charge in [-0.1, -0.05) is 6.07 Å². The summed E-state index contributed by atoms with van der Waals surface area (Å²) in [6.45, 7) is 0. The summed E-state index contributed by atoms with van der Waals surface area (Å²) in [5.74, 6) is -0.935. The van der Waals surface area contributed by atoms with Crippen LogP contribution >= 0.6 is 0 Å². The second-order valence-electron chi connectivity index (χ2n) is 3.74. The van der Waals surface area contributed by atoms with Crippen molar-refractivity contribution in [2.24, 2.45) is 5.73 Å². The van der Waals surface area contributed by atoms with E-state index in [1.54, 1.807) is 6.07 Å². The third kappa shape index (κ3) is 2.31. The minimum absolute atomic E-state index is 0.0852. The minimum atomic E-state index is -0.813. The molecule has 0 saturated carbocycles. The third-order valence-corrected chi connectivity index (χ3v) is 2.62. The smallest absolute Gasteiger partial charge is 0.165 e. The van der Waals surface area contributed by atoms with Crippen molar-refractivity contribution in [2.75, 3.05) is 7.11 Å². The zero-order valence-corrected chi connectivity index (χ0v) is 9.73. The highest BCUT2D eigenvalue weighted by Gasteiger charge is 2.16.